The van der Waals surface area contributed by atoms with Crippen molar-refractivity contribution in [2.24, 2.45) is 5.92 Å². The molecule has 0 N–H and O–H groups in total. The summed E-state index contributed by atoms with van der Waals surface area (Å²) >= 11 is 6.12. The number of nitrogens with zero attached hydrogens (tertiary/aromatic N) is 4. The lowest BCUT2D eigenvalue weighted by Gasteiger charge is -2.31. The summed E-state index contributed by atoms with van der Waals surface area (Å²) in [5.41, 5.74) is 4.30. The minimum atomic E-state index is 0.728. The Morgan fingerprint density at radius 3 is 2.38 bits per heavy atom. The minimum absolute atomic E-state index is 0.728. The molecule has 5 rings (SSSR count). The first-order valence-electron chi connectivity index (χ1n) is 10.1. The highest BCUT2D eigenvalue weighted by molar-refractivity contribution is 6.30. The predicted molar refractivity (Wildman–Crippen MR) is 120 cm³/mol. The number of benzene rings is 2. The molecule has 0 atom stereocenters. The molecule has 2 aromatic heterocycles. The van der Waals surface area contributed by atoms with Crippen LogP contribution < -0.4 is 4.90 Å². The molecule has 1 fully saturated rings. The lowest BCUT2D eigenvalue weighted by atomic mass is 9.98. The number of rotatable bonds is 3. The van der Waals surface area contributed by atoms with Crippen molar-refractivity contribution in [3.8, 4) is 16.8 Å². The molecule has 5 heteroatoms. The molecule has 0 bridgehead atoms. The molecule has 3 heterocycles. The van der Waals surface area contributed by atoms with E-state index in [4.69, 9.17) is 16.6 Å². The van der Waals surface area contributed by atoms with Gasteiger partial charge >= 0.3 is 0 Å². The van der Waals surface area contributed by atoms with Crippen LogP contribution in [0.3, 0.4) is 0 Å². The van der Waals surface area contributed by atoms with Gasteiger partial charge in [0.05, 0.1) is 5.39 Å². The van der Waals surface area contributed by atoms with Gasteiger partial charge in [0.25, 0.3) is 0 Å². The van der Waals surface area contributed by atoms with Gasteiger partial charge < -0.3 is 9.47 Å². The highest BCUT2D eigenvalue weighted by Gasteiger charge is 2.23. The Morgan fingerprint density at radius 2 is 1.66 bits per heavy atom. The van der Waals surface area contributed by atoms with Crippen LogP contribution in [0.1, 0.15) is 19.8 Å². The van der Waals surface area contributed by atoms with E-state index in [0.717, 1.165) is 52.1 Å². The van der Waals surface area contributed by atoms with Crippen LogP contribution in [-0.2, 0) is 0 Å². The van der Waals surface area contributed by atoms with Crippen molar-refractivity contribution in [3.63, 3.8) is 0 Å². The van der Waals surface area contributed by atoms with Crippen molar-refractivity contribution < 1.29 is 0 Å². The summed E-state index contributed by atoms with van der Waals surface area (Å²) in [6.07, 6.45) is 6.26. The van der Waals surface area contributed by atoms with E-state index in [2.05, 4.69) is 51.8 Å². The van der Waals surface area contributed by atoms with Gasteiger partial charge in [-0.3, -0.25) is 0 Å². The second-order valence-electron chi connectivity index (χ2n) is 7.82. The molecular formula is C24H23ClN4. The molecule has 0 saturated carbocycles. The van der Waals surface area contributed by atoms with Crippen LogP contribution in [0.2, 0.25) is 5.02 Å². The van der Waals surface area contributed by atoms with Gasteiger partial charge in [-0.2, -0.15) is 0 Å². The summed E-state index contributed by atoms with van der Waals surface area (Å²) in [6.45, 7) is 4.40. The second-order valence-corrected chi connectivity index (χ2v) is 8.26. The molecule has 146 valence electrons. The zero-order chi connectivity index (χ0) is 19.8. The quantitative estimate of drug-likeness (QED) is 0.423. The van der Waals surface area contributed by atoms with Crippen LogP contribution in [0.15, 0.2) is 67.1 Å². The number of fused-ring (bicyclic) bond motifs is 1. The van der Waals surface area contributed by atoms with Gasteiger partial charge in [0.1, 0.15) is 12.1 Å². The fraction of sp³-hybridized carbons (Fsp3) is 0.250. The summed E-state index contributed by atoms with van der Waals surface area (Å²) < 4.78 is 2.14. The van der Waals surface area contributed by atoms with Crippen molar-refractivity contribution in [2.45, 2.75) is 19.8 Å². The Bertz CT molecular complexity index is 1130. The number of anilines is 1. The highest BCUT2D eigenvalue weighted by Crippen LogP contribution is 2.37. The molecular weight excluding hydrogens is 380 g/mol. The van der Waals surface area contributed by atoms with Gasteiger partial charge in [0.2, 0.25) is 0 Å². The second kappa shape index (κ2) is 7.53. The average molecular weight is 403 g/mol. The van der Waals surface area contributed by atoms with E-state index in [1.54, 1.807) is 6.33 Å². The van der Waals surface area contributed by atoms with Crippen molar-refractivity contribution in [1.82, 2.24) is 14.5 Å². The Morgan fingerprint density at radius 1 is 0.931 bits per heavy atom. The molecule has 0 radical (unpaired) electrons. The number of piperidine rings is 1. The number of aromatic nitrogens is 3. The zero-order valence-corrected chi connectivity index (χ0v) is 17.2. The molecule has 1 aliphatic rings. The monoisotopic (exact) mass is 402 g/mol. The highest BCUT2D eigenvalue weighted by atomic mass is 35.5. The lowest BCUT2D eigenvalue weighted by molar-refractivity contribution is 0.437. The van der Waals surface area contributed by atoms with Crippen LogP contribution in [-0.4, -0.2) is 27.6 Å². The molecule has 0 aliphatic carbocycles. The van der Waals surface area contributed by atoms with Crippen LogP contribution in [0, 0.1) is 5.92 Å². The molecule has 4 nitrogen and oxygen atoms in total. The lowest BCUT2D eigenvalue weighted by Crippen LogP contribution is -2.33. The molecule has 1 saturated heterocycles. The van der Waals surface area contributed by atoms with Gasteiger partial charge in [-0.1, -0.05) is 48.9 Å². The normalized spacial score (nSPS) is 15.2. The molecule has 0 unspecified atom stereocenters. The van der Waals surface area contributed by atoms with E-state index in [1.165, 1.54) is 18.4 Å². The van der Waals surface area contributed by atoms with Gasteiger partial charge in [0, 0.05) is 35.6 Å². The smallest absolute Gasteiger partial charge is 0.150 e. The van der Waals surface area contributed by atoms with Crippen LogP contribution in [0.5, 0.6) is 0 Å². The van der Waals surface area contributed by atoms with E-state index < -0.39 is 0 Å². The topological polar surface area (TPSA) is 34.0 Å². The fourth-order valence-corrected chi connectivity index (χ4v) is 4.27. The predicted octanol–water partition coefficient (Wildman–Crippen LogP) is 5.98. The molecule has 29 heavy (non-hydrogen) atoms. The molecule has 0 spiro atoms. The van der Waals surface area contributed by atoms with Crippen LogP contribution in [0.25, 0.3) is 27.8 Å². The van der Waals surface area contributed by atoms with Gasteiger partial charge in [-0.15, -0.1) is 0 Å². The molecule has 1 aliphatic heterocycles. The standard InChI is InChI=1S/C24H23ClN4/c1-17-11-13-28(14-12-17)23-22-21(18-5-3-2-4-6-18)15-29(24(22)27-16-26-23)20-9-7-19(25)8-10-20/h2-10,15-17H,11-14H2,1H3. The summed E-state index contributed by atoms with van der Waals surface area (Å²) in [5.74, 6) is 1.81. The van der Waals surface area contributed by atoms with E-state index in [0.29, 0.717) is 0 Å². The first-order chi connectivity index (χ1) is 14.2. The van der Waals surface area contributed by atoms with Crippen LogP contribution in [0.4, 0.5) is 5.82 Å². The Labute approximate surface area is 175 Å². The summed E-state index contributed by atoms with van der Waals surface area (Å²) in [5, 5.41) is 1.84. The maximum atomic E-state index is 6.12. The summed E-state index contributed by atoms with van der Waals surface area (Å²) in [4.78, 5) is 11.9. The number of hydrogen-bond acceptors (Lipinski definition) is 3. The third kappa shape index (κ3) is 3.38. The molecule has 2 aromatic carbocycles. The van der Waals surface area contributed by atoms with E-state index in [-0.39, 0.29) is 0 Å². The number of hydrogen-bond donors (Lipinski definition) is 0. The summed E-state index contributed by atoms with van der Waals surface area (Å²) in [6, 6.07) is 18.4. The Hall–Kier alpha value is -2.85. The fourth-order valence-electron chi connectivity index (χ4n) is 4.14. The van der Waals surface area contributed by atoms with E-state index in [9.17, 15) is 0 Å². The number of halogens is 1. The van der Waals surface area contributed by atoms with Crippen molar-refractivity contribution in [1.29, 1.82) is 0 Å². The van der Waals surface area contributed by atoms with Crippen molar-refractivity contribution >= 4 is 28.5 Å². The third-order valence-corrected chi connectivity index (χ3v) is 6.09. The Kier molecular flexibility index (Phi) is 4.72. The average Bonchev–Trinajstić information content (AvgIpc) is 3.15. The minimum Gasteiger partial charge on any atom is -0.356 e. The van der Waals surface area contributed by atoms with Crippen molar-refractivity contribution in [3.05, 3.63) is 72.1 Å². The van der Waals surface area contributed by atoms with E-state index >= 15 is 0 Å². The van der Waals surface area contributed by atoms with Gasteiger partial charge in [-0.05, 0) is 48.6 Å². The zero-order valence-electron chi connectivity index (χ0n) is 16.4. The van der Waals surface area contributed by atoms with Gasteiger partial charge in [-0.25, -0.2) is 9.97 Å². The van der Waals surface area contributed by atoms with E-state index in [1.807, 2.05) is 30.3 Å². The van der Waals surface area contributed by atoms with Crippen molar-refractivity contribution in [2.75, 3.05) is 18.0 Å². The van der Waals surface area contributed by atoms with Gasteiger partial charge in [0.15, 0.2) is 5.65 Å². The Balaban J connectivity index is 1.74. The first-order valence-corrected chi connectivity index (χ1v) is 10.5. The maximum absolute atomic E-state index is 6.12. The third-order valence-electron chi connectivity index (χ3n) is 5.84. The summed E-state index contributed by atoms with van der Waals surface area (Å²) in [7, 11) is 0. The molecule has 4 aromatic rings. The maximum Gasteiger partial charge on any atom is 0.150 e. The largest absolute Gasteiger partial charge is 0.356 e. The SMILES string of the molecule is CC1CCN(c2ncnc3c2c(-c2ccccc2)cn3-c2ccc(Cl)cc2)CC1. The first kappa shape index (κ1) is 18.2. The molecule has 0 amide bonds. The van der Waals surface area contributed by atoms with Crippen LogP contribution >= 0.6 is 11.6 Å².